The monoisotopic (exact) mass is 352 g/mol. The molecule has 0 spiro atoms. The Balaban J connectivity index is 1.69. The van der Waals surface area contributed by atoms with Crippen LogP contribution in [-0.4, -0.2) is 30.4 Å². The van der Waals surface area contributed by atoms with Crippen molar-refractivity contribution in [2.45, 2.75) is 18.9 Å². The van der Waals surface area contributed by atoms with Crippen LogP contribution in [0.15, 0.2) is 35.7 Å². The number of amides is 1. The van der Waals surface area contributed by atoms with Crippen molar-refractivity contribution >= 4 is 28.8 Å². The molecule has 1 atom stereocenters. The molecule has 1 amide bonds. The van der Waals surface area contributed by atoms with Crippen molar-refractivity contribution in [2.75, 3.05) is 19.6 Å². The van der Waals surface area contributed by atoms with Crippen molar-refractivity contribution in [1.82, 2.24) is 10.2 Å². The Morgan fingerprint density at radius 2 is 2.13 bits per heavy atom. The first kappa shape index (κ1) is 16.4. The van der Waals surface area contributed by atoms with Gasteiger partial charge in [0, 0.05) is 11.4 Å². The zero-order valence-corrected chi connectivity index (χ0v) is 14.2. The van der Waals surface area contributed by atoms with Crippen LogP contribution in [0.4, 0.5) is 4.39 Å². The largest absolute Gasteiger partial charge is 0.350 e. The predicted molar refractivity (Wildman–Crippen MR) is 91.6 cm³/mol. The van der Waals surface area contributed by atoms with Gasteiger partial charge in [0.2, 0.25) is 0 Å². The van der Waals surface area contributed by atoms with Gasteiger partial charge in [-0.25, -0.2) is 4.39 Å². The molecule has 0 unspecified atom stereocenters. The van der Waals surface area contributed by atoms with Gasteiger partial charge < -0.3 is 5.32 Å². The minimum Gasteiger partial charge on any atom is -0.350 e. The second-order valence-electron chi connectivity index (χ2n) is 5.61. The molecule has 1 aromatic heterocycles. The summed E-state index contributed by atoms with van der Waals surface area (Å²) in [5.74, 6) is -0.712. The number of thiophene rings is 1. The van der Waals surface area contributed by atoms with Crippen LogP contribution in [-0.2, 0) is 0 Å². The average molecular weight is 353 g/mol. The third kappa shape index (κ3) is 3.91. The number of hydrogen-bond acceptors (Lipinski definition) is 3. The third-order valence-electron chi connectivity index (χ3n) is 4.08. The third-order valence-corrected chi connectivity index (χ3v) is 5.37. The lowest BCUT2D eigenvalue weighted by atomic mass is 10.1. The highest BCUT2D eigenvalue weighted by atomic mass is 35.5. The van der Waals surface area contributed by atoms with E-state index in [2.05, 4.69) is 21.7 Å². The quantitative estimate of drug-likeness (QED) is 0.878. The van der Waals surface area contributed by atoms with Crippen LogP contribution >= 0.6 is 22.9 Å². The van der Waals surface area contributed by atoms with Crippen LogP contribution in [0, 0.1) is 5.82 Å². The zero-order chi connectivity index (χ0) is 16.2. The summed E-state index contributed by atoms with van der Waals surface area (Å²) in [5.41, 5.74) is 0.305. The molecule has 0 bridgehead atoms. The van der Waals surface area contributed by atoms with Gasteiger partial charge in [-0.1, -0.05) is 17.7 Å². The lowest BCUT2D eigenvalue weighted by Gasteiger charge is -2.27. The standard InChI is InChI=1S/C17H18ClFN2OS/c18-14-10-12(19)5-6-13(14)17(22)20-11-15(16-4-3-9-23-16)21-7-1-2-8-21/h3-6,9-10,15H,1-2,7-8,11H2,(H,20,22)/t15-/m1/s1. The van der Waals surface area contributed by atoms with Gasteiger partial charge in [0.1, 0.15) is 5.82 Å². The maximum Gasteiger partial charge on any atom is 0.252 e. The number of benzene rings is 1. The first-order valence-corrected chi connectivity index (χ1v) is 8.91. The molecule has 0 aliphatic carbocycles. The molecular formula is C17H18ClFN2OS. The van der Waals surface area contributed by atoms with Crippen LogP contribution in [0.25, 0.3) is 0 Å². The molecular weight excluding hydrogens is 335 g/mol. The number of nitrogens with zero attached hydrogens (tertiary/aromatic N) is 1. The van der Waals surface area contributed by atoms with Crippen LogP contribution in [0.5, 0.6) is 0 Å². The maximum atomic E-state index is 13.1. The Morgan fingerprint density at radius 3 is 2.78 bits per heavy atom. The maximum absolute atomic E-state index is 13.1. The van der Waals surface area contributed by atoms with Gasteiger partial charge in [0.05, 0.1) is 16.6 Å². The molecule has 1 aliphatic rings. The van der Waals surface area contributed by atoms with Gasteiger partial charge in [0.15, 0.2) is 0 Å². The van der Waals surface area contributed by atoms with Gasteiger partial charge in [-0.15, -0.1) is 11.3 Å². The molecule has 122 valence electrons. The highest BCUT2D eigenvalue weighted by molar-refractivity contribution is 7.10. The summed E-state index contributed by atoms with van der Waals surface area (Å²) in [6.45, 7) is 2.62. The average Bonchev–Trinajstić information content (AvgIpc) is 3.21. The zero-order valence-electron chi connectivity index (χ0n) is 12.6. The van der Waals surface area contributed by atoms with Crippen molar-refractivity contribution in [3.05, 3.63) is 57.0 Å². The predicted octanol–water partition coefficient (Wildman–Crippen LogP) is 4.11. The smallest absolute Gasteiger partial charge is 0.252 e. The SMILES string of the molecule is O=C(NC[C@H](c1cccs1)N1CCCC1)c1ccc(F)cc1Cl. The molecule has 3 nitrogen and oxygen atoms in total. The Hall–Kier alpha value is -1.43. The minimum absolute atomic E-state index is 0.136. The number of halogens is 2. The van der Waals surface area contributed by atoms with Crippen LogP contribution in [0.3, 0.4) is 0 Å². The van der Waals surface area contributed by atoms with Gasteiger partial charge in [0.25, 0.3) is 5.91 Å². The van der Waals surface area contributed by atoms with E-state index in [0.29, 0.717) is 12.1 Å². The van der Waals surface area contributed by atoms with Crippen LogP contribution < -0.4 is 5.32 Å². The Bertz CT molecular complexity index is 671. The van der Waals surface area contributed by atoms with Gasteiger partial charge in [-0.3, -0.25) is 9.69 Å². The Labute approximate surface area is 144 Å². The van der Waals surface area contributed by atoms with Gasteiger partial charge in [-0.2, -0.15) is 0 Å². The Kier molecular flexibility index (Phi) is 5.30. The number of carbonyl (C=O) groups excluding carboxylic acids is 1. The summed E-state index contributed by atoms with van der Waals surface area (Å²) in [5, 5.41) is 5.13. The van der Waals surface area contributed by atoms with Crippen molar-refractivity contribution in [3.8, 4) is 0 Å². The lowest BCUT2D eigenvalue weighted by Crippen LogP contribution is -2.36. The van der Waals surface area contributed by atoms with Crippen molar-refractivity contribution in [1.29, 1.82) is 0 Å². The van der Waals surface area contributed by atoms with E-state index >= 15 is 0 Å². The van der Waals surface area contributed by atoms with E-state index < -0.39 is 5.82 Å². The second kappa shape index (κ2) is 7.43. The van der Waals surface area contributed by atoms with E-state index in [-0.39, 0.29) is 17.0 Å². The van der Waals surface area contributed by atoms with E-state index in [1.165, 1.54) is 29.9 Å². The molecule has 1 aliphatic heterocycles. The van der Waals surface area contributed by atoms with E-state index in [0.717, 1.165) is 19.2 Å². The summed E-state index contributed by atoms with van der Waals surface area (Å²) in [7, 11) is 0. The van der Waals surface area contributed by atoms with E-state index in [1.807, 2.05) is 6.07 Å². The molecule has 1 N–H and O–H groups in total. The highest BCUT2D eigenvalue weighted by Crippen LogP contribution is 2.28. The van der Waals surface area contributed by atoms with Crippen LogP contribution in [0.2, 0.25) is 5.02 Å². The van der Waals surface area contributed by atoms with Gasteiger partial charge >= 0.3 is 0 Å². The van der Waals surface area contributed by atoms with Gasteiger partial charge in [-0.05, 0) is 55.6 Å². The first-order valence-electron chi connectivity index (χ1n) is 7.66. The number of carbonyl (C=O) groups is 1. The second-order valence-corrected chi connectivity index (χ2v) is 6.99. The number of rotatable bonds is 5. The fourth-order valence-electron chi connectivity index (χ4n) is 2.90. The molecule has 3 rings (SSSR count). The van der Waals surface area contributed by atoms with E-state index in [4.69, 9.17) is 11.6 Å². The molecule has 0 radical (unpaired) electrons. The van der Waals surface area contributed by atoms with Crippen molar-refractivity contribution < 1.29 is 9.18 Å². The van der Waals surface area contributed by atoms with Crippen LogP contribution in [0.1, 0.15) is 34.1 Å². The van der Waals surface area contributed by atoms with E-state index in [9.17, 15) is 9.18 Å². The summed E-state index contributed by atoms with van der Waals surface area (Å²) in [6, 6.07) is 8.14. The number of hydrogen-bond donors (Lipinski definition) is 1. The molecule has 2 aromatic rings. The summed E-state index contributed by atoms with van der Waals surface area (Å²) in [4.78, 5) is 16.0. The molecule has 23 heavy (non-hydrogen) atoms. The van der Waals surface area contributed by atoms with E-state index in [1.54, 1.807) is 11.3 Å². The highest BCUT2D eigenvalue weighted by Gasteiger charge is 2.25. The number of nitrogens with one attached hydrogen (secondary N) is 1. The summed E-state index contributed by atoms with van der Waals surface area (Å²) >= 11 is 7.66. The summed E-state index contributed by atoms with van der Waals surface area (Å²) < 4.78 is 13.1. The lowest BCUT2D eigenvalue weighted by molar-refractivity contribution is 0.0938. The fraction of sp³-hybridized carbons (Fsp3) is 0.353. The van der Waals surface area contributed by atoms with Crippen molar-refractivity contribution in [2.24, 2.45) is 0 Å². The molecule has 1 fully saturated rings. The summed E-state index contributed by atoms with van der Waals surface area (Å²) in [6.07, 6.45) is 2.39. The minimum atomic E-state index is -0.444. The Morgan fingerprint density at radius 1 is 1.35 bits per heavy atom. The molecule has 6 heteroatoms. The normalized spacial score (nSPS) is 16.4. The topological polar surface area (TPSA) is 32.3 Å². The number of likely N-dealkylation sites (tertiary alicyclic amines) is 1. The molecule has 1 saturated heterocycles. The molecule has 0 saturated carbocycles. The van der Waals surface area contributed by atoms with Crippen molar-refractivity contribution in [3.63, 3.8) is 0 Å². The fourth-order valence-corrected chi connectivity index (χ4v) is 4.02. The molecule has 1 aromatic carbocycles. The molecule has 2 heterocycles. The first-order chi connectivity index (χ1) is 11.1.